The molecule has 1 heterocycles. The van der Waals surface area contributed by atoms with E-state index in [4.69, 9.17) is 9.47 Å². The number of ether oxygens (including phenoxy) is 2. The van der Waals surface area contributed by atoms with E-state index in [1.54, 1.807) is 7.11 Å². The summed E-state index contributed by atoms with van der Waals surface area (Å²) in [5, 5.41) is 12.8. The van der Waals surface area contributed by atoms with Crippen LogP contribution >= 0.6 is 11.7 Å². The van der Waals surface area contributed by atoms with Gasteiger partial charge in [-0.05, 0) is 12.5 Å². The quantitative estimate of drug-likeness (QED) is 0.659. The Bertz CT molecular complexity index is 284. The maximum Gasteiger partial charge on any atom is 0.245 e. The largest absolute Gasteiger partial charge is 0.473 e. The molecule has 0 saturated carbocycles. The lowest BCUT2D eigenvalue weighted by molar-refractivity contribution is 0.101. The van der Waals surface area contributed by atoms with Gasteiger partial charge in [0.1, 0.15) is 18.9 Å². The molecule has 2 N–H and O–H groups in total. The van der Waals surface area contributed by atoms with Crippen LogP contribution in [0.25, 0.3) is 0 Å². The van der Waals surface area contributed by atoms with Crippen LogP contribution in [0.15, 0.2) is 6.20 Å². The smallest absolute Gasteiger partial charge is 0.245 e. The van der Waals surface area contributed by atoms with Gasteiger partial charge in [0.05, 0.1) is 11.7 Å². The van der Waals surface area contributed by atoms with E-state index in [1.807, 2.05) is 0 Å². The molecule has 17 heavy (non-hydrogen) atoms. The molecule has 98 valence electrons. The summed E-state index contributed by atoms with van der Waals surface area (Å²) >= 11 is 1.08. The Hall–Kier alpha value is -0.760. The van der Waals surface area contributed by atoms with Crippen LogP contribution in [0, 0.1) is 5.92 Å². The SMILES string of the molecule is COCC(C)CNCC(O)COc1cnsn1. The van der Waals surface area contributed by atoms with Crippen LogP contribution in [0.2, 0.25) is 0 Å². The molecule has 7 heteroatoms. The van der Waals surface area contributed by atoms with Crippen LogP contribution in [0.5, 0.6) is 5.88 Å². The average molecular weight is 261 g/mol. The van der Waals surface area contributed by atoms with Crippen molar-refractivity contribution in [3.05, 3.63) is 6.20 Å². The molecular weight excluding hydrogens is 242 g/mol. The van der Waals surface area contributed by atoms with Crippen LogP contribution in [0.3, 0.4) is 0 Å². The number of methoxy groups -OCH3 is 1. The second kappa shape index (κ2) is 8.35. The molecule has 0 bridgehead atoms. The summed E-state index contributed by atoms with van der Waals surface area (Å²) in [7, 11) is 1.68. The molecule has 0 aliphatic carbocycles. The average Bonchev–Trinajstić information content (AvgIpc) is 2.79. The van der Waals surface area contributed by atoms with E-state index >= 15 is 0 Å². The zero-order valence-corrected chi connectivity index (χ0v) is 10.9. The van der Waals surface area contributed by atoms with Crippen LogP contribution in [0.4, 0.5) is 0 Å². The minimum absolute atomic E-state index is 0.219. The molecule has 0 aliphatic heterocycles. The fraction of sp³-hybridized carbons (Fsp3) is 0.800. The summed E-state index contributed by atoms with van der Waals surface area (Å²) < 4.78 is 17.9. The Morgan fingerprint density at radius 1 is 1.47 bits per heavy atom. The fourth-order valence-electron chi connectivity index (χ4n) is 1.30. The van der Waals surface area contributed by atoms with Crippen molar-refractivity contribution in [1.82, 2.24) is 14.1 Å². The number of hydrogen-bond acceptors (Lipinski definition) is 7. The predicted octanol–water partition coefficient (Wildman–Crippen LogP) is 0.150. The maximum atomic E-state index is 9.63. The van der Waals surface area contributed by atoms with Crippen LogP contribution in [-0.2, 0) is 4.74 Å². The summed E-state index contributed by atoms with van der Waals surface area (Å²) in [6.07, 6.45) is 0.984. The van der Waals surface area contributed by atoms with Gasteiger partial charge in [-0.1, -0.05) is 6.92 Å². The molecule has 2 unspecified atom stereocenters. The van der Waals surface area contributed by atoms with Gasteiger partial charge in [0.2, 0.25) is 5.88 Å². The lowest BCUT2D eigenvalue weighted by Gasteiger charge is -2.14. The van der Waals surface area contributed by atoms with E-state index in [9.17, 15) is 5.11 Å². The molecular formula is C10H19N3O3S. The van der Waals surface area contributed by atoms with Gasteiger partial charge in [0, 0.05) is 20.3 Å². The van der Waals surface area contributed by atoms with Crippen molar-refractivity contribution in [3.8, 4) is 5.88 Å². The van der Waals surface area contributed by atoms with Crippen molar-refractivity contribution >= 4 is 11.7 Å². The normalized spacial score (nSPS) is 14.5. The van der Waals surface area contributed by atoms with E-state index in [1.165, 1.54) is 6.20 Å². The van der Waals surface area contributed by atoms with Gasteiger partial charge >= 0.3 is 0 Å². The Kier molecular flexibility index (Phi) is 7.02. The molecule has 2 atom stereocenters. The molecule has 1 aromatic heterocycles. The number of rotatable bonds is 9. The summed E-state index contributed by atoms with van der Waals surface area (Å²) in [5.74, 6) is 0.887. The van der Waals surface area contributed by atoms with Gasteiger partial charge in [0.25, 0.3) is 0 Å². The Balaban J connectivity index is 2.03. The number of aliphatic hydroxyl groups is 1. The first-order chi connectivity index (χ1) is 8.22. The second-order valence-corrected chi connectivity index (χ2v) is 4.49. The Labute approximate surface area is 105 Å². The predicted molar refractivity (Wildman–Crippen MR) is 65.3 cm³/mol. The molecule has 1 rings (SSSR count). The van der Waals surface area contributed by atoms with Gasteiger partial charge in [-0.2, -0.15) is 4.37 Å². The van der Waals surface area contributed by atoms with E-state index in [-0.39, 0.29) is 6.61 Å². The van der Waals surface area contributed by atoms with E-state index in [0.717, 1.165) is 18.3 Å². The Morgan fingerprint density at radius 2 is 2.29 bits per heavy atom. The third-order valence-electron chi connectivity index (χ3n) is 2.09. The standard InChI is InChI=1S/C10H19N3O3S/c1-8(6-15-2)3-11-4-9(14)7-16-10-5-12-17-13-10/h5,8-9,11,14H,3-4,6-7H2,1-2H3. The monoisotopic (exact) mass is 261 g/mol. The first-order valence-electron chi connectivity index (χ1n) is 5.50. The van der Waals surface area contributed by atoms with E-state index in [2.05, 4.69) is 21.0 Å². The first kappa shape index (κ1) is 14.3. The lowest BCUT2D eigenvalue weighted by Crippen LogP contribution is -2.34. The van der Waals surface area contributed by atoms with Gasteiger partial charge in [-0.15, -0.1) is 4.37 Å². The van der Waals surface area contributed by atoms with E-state index < -0.39 is 6.10 Å². The second-order valence-electron chi connectivity index (χ2n) is 3.93. The topological polar surface area (TPSA) is 76.5 Å². The molecule has 0 radical (unpaired) electrons. The van der Waals surface area contributed by atoms with Crippen LogP contribution < -0.4 is 10.1 Å². The fourth-order valence-corrected chi connectivity index (χ4v) is 1.66. The molecule has 0 spiro atoms. The molecule has 0 amide bonds. The first-order valence-corrected chi connectivity index (χ1v) is 6.23. The minimum Gasteiger partial charge on any atom is -0.473 e. The van der Waals surface area contributed by atoms with Crippen molar-refractivity contribution in [2.45, 2.75) is 13.0 Å². The highest BCUT2D eigenvalue weighted by molar-refractivity contribution is 6.99. The number of hydrogen-bond donors (Lipinski definition) is 2. The molecule has 0 saturated heterocycles. The van der Waals surface area contributed by atoms with Gasteiger partial charge in [-0.3, -0.25) is 0 Å². The van der Waals surface area contributed by atoms with Crippen molar-refractivity contribution < 1.29 is 14.6 Å². The Morgan fingerprint density at radius 3 is 2.94 bits per heavy atom. The minimum atomic E-state index is -0.550. The van der Waals surface area contributed by atoms with Gasteiger partial charge in [-0.25, -0.2) is 0 Å². The number of nitrogens with zero attached hydrogens (tertiary/aromatic N) is 2. The van der Waals surface area contributed by atoms with Crippen LogP contribution in [0.1, 0.15) is 6.92 Å². The maximum absolute atomic E-state index is 9.63. The number of nitrogens with one attached hydrogen (secondary N) is 1. The van der Waals surface area contributed by atoms with Crippen LogP contribution in [-0.4, -0.2) is 53.4 Å². The van der Waals surface area contributed by atoms with Crippen molar-refractivity contribution in [2.24, 2.45) is 5.92 Å². The van der Waals surface area contributed by atoms with Crippen molar-refractivity contribution in [2.75, 3.05) is 33.4 Å². The molecule has 0 aromatic carbocycles. The molecule has 0 fully saturated rings. The van der Waals surface area contributed by atoms with E-state index in [0.29, 0.717) is 24.9 Å². The zero-order chi connectivity index (χ0) is 12.5. The third kappa shape index (κ3) is 6.52. The highest BCUT2D eigenvalue weighted by Gasteiger charge is 2.07. The summed E-state index contributed by atoms with van der Waals surface area (Å²) in [6, 6.07) is 0. The zero-order valence-electron chi connectivity index (χ0n) is 10.1. The number of aromatic nitrogens is 2. The van der Waals surface area contributed by atoms with Gasteiger partial charge < -0.3 is 19.9 Å². The lowest BCUT2D eigenvalue weighted by atomic mass is 10.2. The van der Waals surface area contributed by atoms with Crippen molar-refractivity contribution in [1.29, 1.82) is 0 Å². The highest BCUT2D eigenvalue weighted by atomic mass is 32.1. The molecule has 0 aliphatic rings. The molecule has 6 nitrogen and oxygen atoms in total. The number of aliphatic hydroxyl groups excluding tert-OH is 1. The summed E-state index contributed by atoms with van der Waals surface area (Å²) in [6.45, 7) is 4.32. The third-order valence-corrected chi connectivity index (χ3v) is 2.55. The van der Waals surface area contributed by atoms with Gasteiger partial charge in [0.15, 0.2) is 0 Å². The highest BCUT2D eigenvalue weighted by Crippen LogP contribution is 2.05. The molecule has 1 aromatic rings. The van der Waals surface area contributed by atoms with Crippen molar-refractivity contribution in [3.63, 3.8) is 0 Å². The summed E-state index contributed by atoms with van der Waals surface area (Å²) in [4.78, 5) is 0. The summed E-state index contributed by atoms with van der Waals surface area (Å²) in [5.41, 5.74) is 0.